The van der Waals surface area contributed by atoms with Gasteiger partial charge in [-0.2, -0.15) is 9.97 Å². The molecule has 3 aliphatic rings. The molecule has 1 saturated heterocycles. The van der Waals surface area contributed by atoms with Crippen LogP contribution in [0.4, 0.5) is 10.2 Å². The first-order valence-electron chi connectivity index (χ1n) is 13.5. The van der Waals surface area contributed by atoms with Crippen LogP contribution in [0.3, 0.4) is 0 Å². The maximum absolute atomic E-state index is 16.3. The van der Waals surface area contributed by atoms with Crippen LogP contribution in [-0.2, 0) is 17.6 Å². The topological polar surface area (TPSA) is 79.4 Å². The number of rotatable bonds is 9. The molecule has 8 heteroatoms. The van der Waals surface area contributed by atoms with E-state index in [0.29, 0.717) is 41.9 Å². The lowest BCUT2D eigenvalue weighted by atomic mass is 9.95. The lowest BCUT2D eigenvalue weighted by Crippen LogP contribution is -2.31. The van der Waals surface area contributed by atoms with Crippen LogP contribution in [0.1, 0.15) is 36.8 Å². The van der Waals surface area contributed by atoms with Crippen molar-refractivity contribution in [1.82, 2.24) is 20.2 Å². The van der Waals surface area contributed by atoms with Gasteiger partial charge in [0.05, 0.1) is 0 Å². The second kappa shape index (κ2) is 9.98. The first kappa shape index (κ1) is 24.8. The predicted molar refractivity (Wildman–Crippen MR) is 147 cm³/mol. The lowest BCUT2D eigenvalue weighted by Gasteiger charge is -2.19. The smallest absolute Gasteiger partial charge is 0.319 e. The molecule has 0 unspecified atom stereocenters. The summed E-state index contributed by atoms with van der Waals surface area (Å²) in [5.41, 5.74) is 4.78. The van der Waals surface area contributed by atoms with E-state index in [1.807, 2.05) is 24.3 Å². The number of carbonyl (C=O) groups is 1. The number of anilines is 1. The molecule has 1 atom stereocenters. The third-order valence-electron chi connectivity index (χ3n) is 8.40. The zero-order chi connectivity index (χ0) is 26.3. The predicted octanol–water partition coefficient (Wildman–Crippen LogP) is 4.50. The van der Waals surface area contributed by atoms with Gasteiger partial charge in [0.25, 0.3) is 0 Å². The molecule has 1 aromatic heterocycles. The van der Waals surface area contributed by atoms with Crippen molar-refractivity contribution in [2.75, 3.05) is 38.6 Å². The molecule has 1 aliphatic heterocycles. The van der Waals surface area contributed by atoms with Gasteiger partial charge in [0, 0.05) is 30.1 Å². The minimum Gasteiger partial charge on any atom is -0.462 e. The van der Waals surface area contributed by atoms with Crippen LogP contribution in [0.15, 0.2) is 43.0 Å². The second-order valence-electron chi connectivity index (χ2n) is 11.0. The van der Waals surface area contributed by atoms with Crippen molar-refractivity contribution < 1.29 is 13.9 Å². The van der Waals surface area contributed by atoms with Gasteiger partial charge in [0.2, 0.25) is 5.91 Å². The molecule has 7 nitrogen and oxygen atoms in total. The number of carbonyl (C=O) groups excluding carboxylic acids is 1. The molecule has 2 N–H and O–H groups in total. The fraction of sp³-hybridized carbons (Fsp3) is 0.433. The third kappa shape index (κ3) is 4.73. The highest BCUT2D eigenvalue weighted by Gasteiger charge is 2.47. The quantitative estimate of drug-likeness (QED) is 0.323. The molecule has 0 radical (unpaired) electrons. The molecule has 2 aromatic carbocycles. The van der Waals surface area contributed by atoms with E-state index in [1.165, 1.54) is 30.0 Å². The van der Waals surface area contributed by atoms with Crippen LogP contribution in [0.25, 0.3) is 22.0 Å². The number of hydrogen-bond donors (Lipinski definition) is 2. The SMILES string of the molecule is C=CC(=O)NCCNc1nc(OC[C@@H]2CCCN2C)nc2c(F)c(-c3cccc4c3CC3(CC3)C4)ccc12. The molecular weight excluding hydrogens is 481 g/mol. The average Bonchev–Trinajstić information content (AvgIpc) is 3.36. The summed E-state index contributed by atoms with van der Waals surface area (Å²) >= 11 is 0. The Bertz CT molecular complexity index is 1400. The van der Waals surface area contributed by atoms with E-state index in [4.69, 9.17) is 4.74 Å². The van der Waals surface area contributed by atoms with Crippen molar-refractivity contribution in [2.45, 2.75) is 44.6 Å². The number of likely N-dealkylation sites (tertiary alicyclic amines) is 1. The van der Waals surface area contributed by atoms with Gasteiger partial charge in [-0.3, -0.25) is 4.79 Å². The van der Waals surface area contributed by atoms with Crippen LogP contribution < -0.4 is 15.4 Å². The van der Waals surface area contributed by atoms with Crippen LogP contribution >= 0.6 is 0 Å². The van der Waals surface area contributed by atoms with E-state index in [0.717, 1.165) is 37.8 Å². The van der Waals surface area contributed by atoms with Crippen LogP contribution in [0, 0.1) is 11.2 Å². The van der Waals surface area contributed by atoms with Crippen molar-refractivity contribution in [1.29, 1.82) is 0 Å². The van der Waals surface area contributed by atoms with Gasteiger partial charge in [-0.05, 0) is 86.4 Å². The summed E-state index contributed by atoms with van der Waals surface area (Å²) in [4.78, 5) is 22.9. The van der Waals surface area contributed by atoms with Gasteiger partial charge in [0.1, 0.15) is 17.9 Å². The molecule has 2 fully saturated rings. The van der Waals surface area contributed by atoms with Gasteiger partial charge in [0.15, 0.2) is 5.82 Å². The normalized spacial score (nSPS) is 19.5. The summed E-state index contributed by atoms with van der Waals surface area (Å²) in [6.45, 7) is 5.74. The molecule has 6 rings (SSSR count). The molecule has 1 amide bonds. The number of fused-ring (bicyclic) bond motifs is 2. The fourth-order valence-corrected chi connectivity index (χ4v) is 5.98. The minimum absolute atomic E-state index is 0.154. The largest absolute Gasteiger partial charge is 0.462 e. The first-order valence-corrected chi connectivity index (χ1v) is 13.5. The molecule has 1 saturated carbocycles. The van der Waals surface area contributed by atoms with Crippen molar-refractivity contribution in [3.63, 3.8) is 0 Å². The Morgan fingerprint density at radius 2 is 2.08 bits per heavy atom. The van der Waals surface area contributed by atoms with Crippen LogP contribution in [-0.4, -0.2) is 60.1 Å². The molecule has 0 bridgehead atoms. The number of benzene rings is 2. The number of aromatic nitrogens is 2. The van der Waals surface area contributed by atoms with E-state index in [9.17, 15) is 4.79 Å². The summed E-state index contributed by atoms with van der Waals surface area (Å²) in [6, 6.07) is 10.4. The Kier molecular flexibility index (Phi) is 6.51. The molecule has 38 heavy (non-hydrogen) atoms. The highest BCUT2D eigenvalue weighted by molar-refractivity contribution is 5.93. The van der Waals surface area contributed by atoms with Gasteiger partial charge in [-0.25, -0.2) is 4.39 Å². The van der Waals surface area contributed by atoms with Gasteiger partial charge < -0.3 is 20.3 Å². The zero-order valence-electron chi connectivity index (χ0n) is 21.9. The molecule has 198 valence electrons. The highest BCUT2D eigenvalue weighted by Crippen LogP contribution is 2.57. The number of nitrogens with one attached hydrogen (secondary N) is 2. The van der Waals surface area contributed by atoms with Crippen molar-refractivity contribution in [3.05, 3.63) is 59.9 Å². The standard InChI is InChI=1S/C30H34FN5O2/c1-3-25(37)32-13-14-33-28-23-10-9-22(21-8-4-6-19-16-30(11-12-30)17-24(19)21)26(31)27(23)34-29(35-28)38-18-20-7-5-15-36(20)2/h3-4,6,8-10,20H,1,5,7,11-18H2,2H3,(H,32,37)(H,33,34,35)/t20-/m0/s1. The van der Waals surface area contributed by atoms with E-state index in [2.05, 4.69) is 45.2 Å². The average molecular weight is 516 g/mol. The Labute approximate surface area is 222 Å². The number of nitrogens with zero attached hydrogens (tertiary/aromatic N) is 3. The number of hydrogen-bond acceptors (Lipinski definition) is 6. The Morgan fingerprint density at radius 1 is 1.21 bits per heavy atom. The lowest BCUT2D eigenvalue weighted by molar-refractivity contribution is -0.116. The molecule has 3 aromatic rings. The van der Waals surface area contributed by atoms with Crippen molar-refractivity contribution in [2.24, 2.45) is 5.41 Å². The molecular formula is C30H34FN5O2. The van der Waals surface area contributed by atoms with Gasteiger partial charge in [-0.1, -0.05) is 30.8 Å². The zero-order valence-corrected chi connectivity index (χ0v) is 21.9. The third-order valence-corrected chi connectivity index (χ3v) is 8.40. The monoisotopic (exact) mass is 515 g/mol. The van der Waals surface area contributed by atoms with Crippen molar-refractivity contribution in [3.8, 4) is 17.1 Å². The highest BCUT2D eigenvalue weighted by atomic mass is 19.1. The summed E-state index contributed by atoms with van der Waals surface area (Å²) in [7, 11) is 2.09. The fourth-order valence-electron chi connectivity index (χ4n) is 5.98. The van der Waals surface area contributed by atoms with Crippen LogP contribution in [0.2, 0.25) is 0 Å². The number of amides is 1. The number of halogens is 1. The Morgan fingerprint density at radius 3 is 2.84 bits per heavy atom. The molecule has 2 heterocycles. The maximum atomic E-state index is 16.3. The van der Waals surface area contributed by atoms with Gasteiger partial charge >= 0.3 is 6.01 Å². The maximum Gasteiger partial charge on any atom is 0.319 e. The van der Waals surface area contributed by atoms with Crippen LogP contribution in [0.5, 0.6) is 6.01 Å². The van der Waals surface area contributed by atoms with E-state index in [-0.39, 0.29) is 29.3 Å². The summed E-state index contributed by atoms with van der Waals surface area (Å²) in [6.07, 6.45) is 8.05. The second-order valence-corrected chi connectivity index (χ2v) is 11.0. The van der Waals surface area contributed by atoms with E-state index in [1.54, 1.807) is 0 Å². The number of likely N-dealkylation sites (N-methyl/N-ethyl adjacent to an activating group) is 1. The Hall–Kier alpha value is -3.52. The van der Waals surface area contributed by atoms with E-state index >= 15 is 4.39 Å². The summed E-state index contributed by atoms with van der Waals surface area (Å²) in [5, 5.41) is 6.55. The molecule has 2 aliphatic carbocycles. The minimum atomic E-state index is -0.360. The van der Waals surface area contributed by atoms with Crippen molar-refractivity contribution >= 4 is 22.6 Å². The van der Waals surface area contributed by atoms with Gasteiger partial charge in [-0.15, -0.1) is 0 Å². The number of ether oxygens (including phenoxy) is 1. The Balaban J connectivity index is 1.34. The van der Waals surface area contributed by atoms with E-state index < -0.39 is 0 Å². The summed E-state index contributed by atoms with van der Waals surface area (Å²) < 4.78 is 22.3. The first-order chi connectivity index (χ1) is 18.5. The molecule has 1 spiro atoms. The summed E-state index contributed by atoms with van der Waals surface area (Å²) in [5.74, 6) is -0.123.